The van der Waals surface area contributed by atoms with Crippen LogP contribution in [0.1, 0.15) is 53.6 Å². The second-order valence-electron chi connectivity index (χ2n) is 11.5. The lowest BCUT2D eigenvalue weighted by Gasteiger charge is -2.27. The fourth-order valence-corrected chi connectivity index (χ4v) is 7.09. The van der Waals surface area contributed by atoms with Crippen molar-refractivity contribution in [1.29, 1.82) is 0 Å². The summed E-state index contributed by atoms with van der Waals surface area (Å²) < 4.78 is 14.3. The molecule has 7 rings (SSSR count). The number of carbonyl (C=O) groups is 1. The van der Waals surface area contributed by atoms with E-state index in [0.717, 1.165) is 47.8 Å². The zero-order valence-electron chi connectivity index (χ0n) is 24.2. The number of amides is 1. The summed E-state index contributed by atoms with van der Waals surface area (Å²) in [7, 11) is 3.52. The Balaban J connectivity index is 1.21. The van der Waals surface area contributed by atoms with Crippen LogP contribution < -0.4 is 10.3 Å². The van der Waals surface area contributed by atoms with Crippen LogP contribution in [0, 0.1) is 0 Å². The third kappa shape index (κ3) is 5.06. The highest BCUT2D eigenvalue weighted by atomic mass is 32.1. The van der Waals surface area contributed by atoms with Crippen molar-refractivity contribution in [1.82, 2.24) is 19.4 Å². The van der Waals surface area contributed by atoms with Crippen LogP contribution >= 0.6 is 11.3 Å². The van der Waals surface area contributed by atoms with Gasteiger partial charge in [0.2, 0.25) is 5.43 Å². The van der Waals surface area contributed by atoms with Gasteiger partial charge in [0.15, 0.2) is 11.5 Å². The van der Waals surface area contributed by atoms with Crippen LogP contribution in [0.15, 0.2) is 51.1 Å². The van der Waals surface area contributed by atoms with Crippen LogP contribution in [0.2, 0.25) is 0 Å². The van der Waals surface area contributed by atoms with E-state index in [4.69, 9.17) is 14.1 Å². The van der Waals surface area contributed by atoms with Crippen LogP contribution in [0.5, 0.6) is 5.75 Å². The summed E-state index contributed by atoms with van der Waals surface area (Å²) in [6, 6.07) is 9.16. The number of phenolic OH excluding ortho intramolecular Hbond substituents is 1. The minimum Gasteiger partial charge on any atom is -0.508 e. The lowest BCUT2D eigenvalue weighted by atomic mass is 10.0. The Morgan fingerprint density at radius 3 is 2.67 bits per heavy atom. The van der Waals surface area contributed by atoms with Crippen molar-refractivity contribution < 1.29 is 19.1 Å². The molecule has 0 bridgehead atoms. The largest absolute Gasteiger partial charge is 0.508 e. The highest BCUT2D eigenvalue weighted by Crippen LogP contribution is 2.38. The molecule has 1 aliphatic heterocycles. The normalized spacial score (nSPS) is 16.0. The smallest absolute Gasteiger partial charge is 0.270 e. The monoisotopic (exact) mass is 599 g/mol. The number of aromatic hydroxyl groups is 1. The highest BCUT2D eigenvalue weighted by Gasteiger charge is 2.27. The van der Waals surface area contributed by atoms with Crippen molar-refractivity contribution in [3.05, 3.63) is 69.2 Å². The van der Waals surface area contributed by atoms with E-state index in [9.17, 15) is 14.7 Å². The molecule has 222 valence electrons. The summed E-state index contributed by atoms with van der Waals surface area (Å²) in [4.78, 5) is 39.0. The van der Waals surface area contributed by atoms with Crippen LogP contribution in [0.25, 0.3) is 32.4 Å². The number of carbonyl (C=O) groups excluding carboxylic acids is 1. The van der Waals surface area contributed by atoms with Crippen LogP contribution in [0.3, 0.4) is 0 Å². The summed E-state index contributed by atoms with van der Waals surface area (Å²) in [6.45, 7) is 2.50. The molecule has 43 heavy (non-hydrogen) atoms. The van der Waals surface area contributed by atoms with Gasteiger partial charge >= 0.3 is 0 Å². The Bertz CT molecular complexity index is 1900. The summed E-state index contributed by atoms with van der Waals surface area (Å²) in [6.07, 6.45) is 6.40. The zero-order valence-corrected chi connectivity index (χ0v) is 25.0. The number of ether oxygens (including phenoxy) is 1. The maximum absolute atomic E-state index is 13.0. The molecule has 1 aromatic carbocycles. The predicted octanol–water partition coefficient (Wildman–Crippen LogP) is 5.22. The minimum absolute atomic E-state index is 0.0477. The van der Waals surface area contributed by atoms with Crippen LogP contribution in [-0.2, 0) is 11.2 Å². The van der Waals surface area contributed by atoms with Gasteiger partial charge in [-0.3, -0.25) is 9.59 Å². The van der Waals surface area contributed by atoms with Gasteiger partial charge in [-0.1, -0.05) is 25.0 Å². The van der Waals surface area contributed by atoms with E-state index in [1.165, 1.54) is 11.3 Å². The topological polar surface area (TPSA) is 114 Å². The standard InChI is InChI=1S/C32H33N5O5S/c1-35(2)32(40)24-13-21-17-33-27(34-31(21)37(24)22-5-3-4-6-22)15-20-8-7-19(14-25(20)38)23-18-43-30-26(39)16-28(42-29(23)30)36-9-11-41-12-10-36/h7-8,13-14,16-18,22,38H,3-6,9-12,15H2,1-2H3. The Morgan fingerprint density at radius 2 is 1.93 bits per heavy atom. The zero-order chi connectivity index (χ0) is 29.7. The molecule has 0 unspecified atom stereocenters. The first-order chi connectivity index (χ1) is 20.9. The first-order valence-electron chi connectivity index (χ1n) is 14.7. The van der Waals surface area contributed by atoms with Gasteiger partial charge in [-0.2, -0.15) is 0 Å². The average Bonchev–Trinajstić information content (AvgIpc) is 3.77. The van der Waals surface area contributed by atoms with E-state index in [0.29, 0.717) is 66.0 Å². The van der Waals surface area contributed by atoms with Crippen LogP contribution in [0.4, 0.5) is 5.88 Å². The van der Waals surface area contributed by atoms with Crippen LogP contribution in [-0.4, -0.2) is 70.8 Å². The number of fused-ring (bicyclic) bond motifs is 2. The predicted molar refractivity (Wildman–Crippen MR) is 166 cm³/mol. The number of thiophene rings is 1. The van der Waals surface area contributed by atoms with E-state index in [1.807, 2.05) is 28.5 Å². The molecule has 11 heteroatoms. The van der Waals surface area contributed by atoms with E-state index in [1.54, 1.807) is 37.3 Å². The van der Waals surface area contributed by atoms with Crippen molar-refractivity contribution in [2.24, 2.45) is 0 Å². The molecule has 2 aliphatic rings. The molecule has 1 amide bonds. The van der Waals surface area contributed by atoms with E-state index in [-0.39, 0.29) is 23.1 Å². The maximum Gasteiger partial charge on any atom is 0.270 e. The third-order valence-corrected chi connectivity index (χ3v) is 9.41. The number of morpholine rings is 1. The maximum atomic E-state index is 13.0. The van der Waals surface area contributed by atoms with Crippen molar-refractivity contribution in [3.8, 4) is 16.9 Å². The van der Waals surface area contributed by atoms with Crippen molar-refractivity contribution in [2.45, 2.75) is 38.1 Å². The number of nitrogens with zero attached hydrogens (tertiary/aromatic N) is 5. The molecule has 4 aromatic heterocycles. The quantitative estimate of drug-likeness (QED) is 0.283. The first-order valence-corrected chi connectivity index (χ1v) is 15.5. The Kier molecular flexibility index (Phi) is 7.14. The molecule has 2 fully saturated rings. The number of phenols is 1. The van der Waals surface area contributed by atoms with Gasteiger partial charge in [0.05, 0.1) is 13.2 Å². The van der Waals surface area contributed by atoms with E-state index in [2.05, 4.69) is 9.55 Å². The number of benzene rings is 1. The van der Waals surface area contributed by atoms with Crippen molar-refractivity contribution in [3.63, 3.8) is 0 Å². The van der Waals surface area contributed by atoms with Gasteiger partial charge in [-0.25, -0.2) is 9.97 Å². The number of aromatic nitrogens is 3. The second kappa shape index (κ2) is 11.1. The number of anilines is 1. The molecule has 10 nitrogen and oxygen atoms in total. The summed E-state index contributed by atoms with van der Waals surface area (Å²) in [5.74, 6) is 1.17. The molecular weight excluding hydrogens is 566 g/mol. The molecule has 1 saturated heterocycles. The summed E-state index contributed by atoms with van der Waals surface area (Å²) >= 11 is 1.34. The Morgan fingerprint density at radius 1 is 1.14 bits per heavy atom. The molecular formula is C32H33N5O5S. The van der Waals surface area contributed by atoms with E-state index >= 15 is 0 Å². The van der Waals surface area contributed by atoms with Crippen molar-refractivity contribution in [2.75, 3.05) is 45.3 Å². The van der Waals surface area contributed by atoms with Crippen molar-refractivity contribution >= 4 is 44.4 Å². The molecule has 0 radical (unpaired) electrons. The number of hydrogen-bond acceptors (Lipinski definition) is 9. The van der Waals surface area contributed by atoms with E-state index < -0.39 is 0 Å². The summed E-state index contributed by atoms with van der Waals surface area (Å²) in [5.41, 5.74) is 4.04. The molecule has 1 aliphatic carbocycles. The lowest BCUT2D eigenvalue weighted by Crippen LogP contribution is -2.36. The molecule has 1 N–H and O–H groups in total. The molecule has 5 aromatic rings. The average molecular weight is 600 g/mol. The molecule has 5 heterocycles. The third-order valence-electron chi connectivity index (χ3n) is 8.44. The van der Waals surface area contributed by atoms with Gasteiger partial charge < -0.3 is 28.6 Å². The van der Waals surface area contributed by atoms with Gasteiger partial charge in [-0.05, 0) is 30.5 Å². The van der Waals surface area contributed by atoms with Gasteiger partial charge in [0.25, 0.3) is 5.91 Å². The first kappa shape index (κ1) is 27.6. The molecule has 0 spiro atoms. The van der Waals surface area contributed by atoms with Gasteiger partial charge in [0, 0.05) is 73.8 Å². The summed E-state index contributed by atoms with van der Waals surface area (Å²) in [5, 5.41) is 13.8. The number of hydrogen-bond donors (Lipinski definition) is 1. The van der Waals surface area contributed by atoms with Gasteiger partial charge in [0.1, 0.15) is 27.6 Å². The SMILES string of the molecule is CN(C)C(=O)c1cc2cnc(Cc3ccc(-c4csc5c(=O)cc(N6CCOCC6)oc45)cc3O)nc2n1C1CCCC1. The highest BCUT2D eigenvalue weighted by molar-refractivity contribution is 7.17. The fraction of sp³-hybridized carbons (Fsp3) is 0.375. The minimum atomic E-state index is -0.0785. The Hall–Kier alpha value is -4.22. The van der Waals surface area contributed by atoms with Gasteiger partial charge in [-0.15, -0.1) is 11.3 Å². The second-order valence-corrected chi connectivity index (χ2v) is 12.4. The molecule has 0 atom stereocenters. The Labute approximate surface area is 252 Å². The molecule has 1 saturated carbocycles. The lowest BCUT2D eigenvalue weighted by molar-refractivity contribution is 0.0815. The fourth-order valence-electron chi connectivity index (χ4n) is 6.17. The number of rotatable bonds is 6.